The zero-order valence-electron chi connectivity index (χ0n) is 13.4. The van der Waals surface area contributed by atoms with Crippen LogP contribution in [-0.4, -0.2) is 44.6 Å². The number of hydrogen-bond acceptors (Lipinski definition) is 3. The van der Waals surface area contributed by atoms with Crippen LogP contribution in [0.3, 0.4) is 0 Å². The van der Waals surface area contributed by atoms with Gasteiger partial charge in [0.2, 0.25) is 10.0 Å². The highest BCUT2D eigenvalue weighted by Gasteiger charge is 2.28. The van der Waals surface area contributed by atoms with Crippen LogP contribution < -0.4 is 4.72 Å². The van der Waals surface area contributed by atoms with Crippen LogP contribution in [0.25, 0.3) is 0 Å². The number of carbonyl (C=O) groups excluding carboxylic acids is 1. The second-order valence-corrected chi connectivity index (χ2v) is 7.92. The molecule has 1 fully saturated rings. The number of nitrogens with one attached hydrogen (secondary N) is 1. The molecule has 0 spiro atoms. The Kier molecular flexibility index (Phi) is 5.24. The van der Waals surface area contributed by atoms with E-state index in [4.69, 9.17) is 0 Å². The normalized spacial score (nSPS) is 19.2. The Morgan fingerprint density at radius 3 is 2.68 bits per heavy atom. The van der Waals surface area contributed by atoms with Crippen molar-refractivity contribution in [3.05, 3.63) is 34.9 Å². The lowest BCUT2D eigenvalue weighted by Crippen LogP contribution is -2.49. The summed E-state index contributed by atoms with van der Waals surface area (Å²) in [4.78, 5) is 14.6. The number of aryl methyl sites for hydroxylation is 2. The van der Waals surface area contributed by atoms with Gasteiger partial charge in [0, 0.05) is 24.7 Å². The number of nitrogens with zero attached hydrogens (tertiary/aromatic N) is 1. The van der Waals surface area contributed by atoms with E-state index in [1.165, 1.54) is 0 Å². The molecule has 1 aliphatic rings. The van der Waals surface area contributed by atoms with Gasteiger partial charge in [-0.1, -0.05) is 17.7 Å². The van der Waals surface area contributed by atoms with Crippen molar-refractivity contribution in [3.63, 3.8) is 0 Å². The largest absolute Gasteiger partial charge is 0.334 e. The van der Waals surface area contributed by atoms with E-state index in [2.05, 4.69) is 4.72 Å². The molecule has 1 aliphatic heterocycles. The van der Waals surface area contributed by atoms with Gasteiger partial charge in [0.05, 0.1) is 6.26 Å². The van der Waals surface area contributed by atoms with Crippen molar-refractivity contribution in [1.29, 1.82) is 0 Å². The maximum Gasteiger partial charge on any atom is 0.254 e. The van der Waals surface area contributed by atoms with Gasteiger partial charge in [0.15, 0.2) is 0 Å². The van der Waals surface area contributed by atoms with Gasteiger partial charge < -0.3 is 4.90 Å². The molecule has 6 heteroatoms. The number of rotatable bonds is 4. The molecule has 1 heterocycles. The van der Waals surface area contributed by atoms with Crippen molar-refractivity contribution in [1.82, 2.24) is 9.62 Å². The average Bonchev–Trinajstić information content (AvgIpc) is 2.44. The molecule has 0 bridgehead atoms. The third kappa shape index (κ3) is 4.30. The van der Waals surface area contributed by atoms with Crippen LogP contribution in [-0.2, 0) is 10.0 Å². The Morgan fingerprint density at radius 2 is 2.05 bits per heavy atom. The monoisotopic (exact) mass is 324 g/mol. The minimum atomic E-state index is -3.24. The SMILES string of the molecule is Cc1ccc(C(=O)N2CCCC[C@H]2CNS(C)(=O)=O)c(C)c1. The summed E-state index contributed by atoms with van der Waals surface area (Å²) in [5, 5.41) is 0. The molecule has 0 aromatic heterocycles. The summed E-state index contributed by atoms with van der Waals surface area (Å²) in [6.45, 7) is 4.91. The predicted molar refractivity (Wildman–Crippen MR) is 87.4 cm³/mol. The van der Waals surface area contributed by atoms with E-state index >= 15 is 0 Å². The van der Waals surface area contributed by atoms with Gasteiger partial charge in [-0.05, 0) is 44.7 Å². The highest BCUT2D eigenvalue weighted by atomic mass is 32.2. The zero-order chi connectivity index (χ0) is 16.3. The first-order chi connectivity index (χ1) is 10.3. The lowest BCUT2D eigenvalue weighted by molar-refractivity contribution is 0.0618. The summed E-state index contributed by atoms with van der Waals surface area (Å²) in [5.41, 5.74) is 2.80. The molecule has 0 saturated carbocycles. The zero-order valence-corrected chi connectivity index (χ0v) is 14.2. The molecule has 5 nitrogen and oxygen atoms in total. The minimum absolute atomic E-state index is 0.00231. The van der Waals surface area contributed by atoms with Crippen LogP contribution in [0, 0.1) is 13.8 Å². The Bertz CT molecular complexity index is 655. The van der Waals surface area contributed by atoms with Gasteiger partial charge in [-0.15, -0.1) is 0 Å². The van der Waals surface area contributed by atoms with E-state index in [9.17, 15) is 13.2 Å². The van der Waals surface area contributed by atoms with Crippen molar-refractivity contribution < 1.29 is 13.2 Å². The molecule has 1 aromatic carbocycles. The molecule has 1 aromatic rings. The first-order valence-corrected chi connectivity index (χ1v) is 9.50. The van der Waals surface area contributed by atoms with Crippen molar-refractivity contribution >= 4 is 15.9 Å². The molecular formula is C16H24N2O3S. The summed E-state index contributed by atoms with van der Waals surface area (Å²) in [7, 11) is -3.24. The molecule has 1 N–H and O–H groups in total. The molecular weight excluding hydrogens is 300 g/mol. The fourth-order valence-electron chi connectivity index (χ4n) is 2.94. The van der Waals surface area contributed by atoms with Crippen molar-refractivity contribution in [2.45, 2.75) is 39.2 Å². The lowest BCUT2D eigenvalue weighted by atomic mass is 9.99. The minimum Gasteiger partial charge on any atom is -0.334 e. The number of likely N-dealkylation sites (tertiary alicyclic amines) is 1. The maximum atomic E-state index is 12.8. The first-order valence-electron chi connectivity index (χ1n) is 7.61. The van der Waals surface area contributed by atoms with Gasteiger partial charge in [-0.25, -0.2) is 13.1 Å². The fourth-order valence-corrected chi connectivity index (χ4v) is 3.43. The predicted octanol–water partition coefficient (Wildman–Crippen LogP) is 1.85. The van der Waals surface area contributed by atoms with E-state index < -0.39 is 10.0 Å². The van der Waals surface area contributed by atoms with E-state index in [0.717, 1.165) is 36.6 Å². The molecule has 0 radical (unpaired) electrons. The van der Waals surface area contributed by atoms with Gasteiger partial charge in [0.1, 0.15) is 0 Å². The summed E-state index contributed by atoms with van der Waals surface area (Å²) >= 11 is 0. The highest BCUT2D eigenvalue weighted by Crippen LogP contribution is 2.21. The van der Waals surface area contributed by atoms with E-state index in [0.29, 0.717) is 12.1 Å². The highest BCUT2D eigenvalue weighted by molar-refractivity contribution is 7.88. The number of carbonyl (C=O) groups is 1. The van der Waals surface area contributed by atoms with Gasteiger partial charge in [-0.3, -0.25) is 4.79 Å². The van der Waals surface area contributed by atoms with Gasteiger partial charge in [0.25, 0.3) is 5.91 Å². The summed E-state index contributed by atoms with van der Waals surface area (Å²) in [6, 6.07) is 5.73. The van der Waals surface area contributed by atoms with E-state index in [1.54, 1.807) is 0 Å². The quantitative estimate of drug-likeness (QED) is 0.919. The summed E-state index contributed by atoms with van der Waals surface area (Å²) in [6.07, 6.45) is 3.96. The molecule has 1 amide bonds. The average molecular weight is 324 g/mol. The maximum absolute atomic E-state index is 12.8. The number of amides is 1. The van der Waals surface area contributed by atoms with Crippen LogP contribution in [0.5, 0.6) is 0 Å². The van der Waals surface area contributed by atoms with Crippen molar-refractivity contribution in [2.24, 2.45) is 0 Å². The van der Waals surface area contributed by atoms with Crippen LogP contribution in [0.1, 0.15) is 40.7 Å². The van der Waals surface area contributed by atoms with Crippen molar-refractivity contribution in [3.8, 4) is 0 Å². The van der Waals surface area contributed by atoms with Crippen LogP contribution in [0.4, 0.5) is 0 Å². The molecule has 2 rings (SSSR count). The van der Waals surface area contributed by atoms with E-state index in [-0.39, 0.29) is 18.5 Å². The standard InChI is InChI=1S/C16H24N2O3S/c1-12-7-8-15(13(2)10-12)16(19)18-9-5-4-6-14(18)11-17-22(3,20)21/h7-8,10,14,17H,4-6,9,11H2,1-3H3/t14-/m0/s1. The fraction of sp³-hybridized carbons (Fsp3) is 0.562. The van der Waals surface area contributed by atoms with Crippen LogP contribution in [0.2, 0.25) is 0 Å². The molecule has 122 valence electrons. The third-order valence-electron chi connectivity index (χ3n) is 4.08. The van der Waals surface area contributed by atoms with Crippen LogP contribution in [0.15, 0.2) is 18.2 Å². The summed E-state index contributed by atoms with van der Waals surface area (Å²) < 4.78 is 25.1. The van der Waals surface area contributed by atoms with E-state index in [1.807, 2.05) is 36.9 Å². The third-order valence-corrected chi connectivity index (χ3v) is 4.77. The number of sulfonamides is 1. The second kappa shape index (κ2) is 6.79. The Labute approximate surface area is 132 Å². The number of piperidine rings is 1. The van der Waals surface area contributed by atoms with Crippen molar-refractivity contribution in [2.75, 3.05) is 19.3 Å². The first kappa shape index (κ1) is 17.0. The lowest BCUT2D eigenvalue weighted by Gasteiger charge is -2.36. The second-order valence-electron chi connectivity index (χ2n) is 6.09. The van der Waals surface area contributed by atoms with Crippen LogP contribution >= 0.6 is 0 Å². The Morgan fingerprint density at radius 1 is 1.32 bits per heavy atom. The van der Waals surface area contributed by atoms with Gasteiger partial charge >= 0.3 is 0 Å². The Hall–Kier alpha value is -1.40. The summed E-state index contributed by atoms with van der Waals surface area (Å²) in [5.74, 6) is -0.00231. The topological polar surface area (TPSA) is 66.5 Å². The molecule has 1 saturated heterocycles. The smallest absolute Gasteiger partial charge is 0.254 e. The number of benzene rings is 1. The molecule has 22 heavy (non-hydrogen) atoms. The van der Waals surface area contributed by atoms with Gasteiger partial charge in [-0.2, -0.15) is 0 Å². The molecule has 1 atom stereocenters. The molecule has 0 unspecified atom stereocenters. The number of hydrogen-bond donors (Lipinski definition) is 1. The molecule has 0 aliphatic carbocycles. The Balaban J connectivity index is 2.17.